The predicted octanol–water partition coefficient (Wildman–Crippen LogP) is 3.53. The van der Waals surface area contributed by atoms with Gasteiger partial charge in [0.1, 0.15) is 6.04 Å². The number of carbonyl (C=O) groups is 2. The molecule has 33 heavy (non-hydrogen) atoms. The minimum Gasteiger partial charge on any atom is -0.379 e. The molecule has 2 amide bonds. The van der Waals surface area contributed by atoms with Gasteiger partial charge in [-0.3, -0.25) is 14.5 Å². The molecule has 178 valence electrons. The monoisotopic (exact) mass is 471 g/mol. The molecule has 1 N–H and O–H groups in total. The van der Waals surface area contributed by atoms with Gasteiger partial charge in [-0.05, 0) is 29.7 Å². The van der Waals surface area contributed by atoms with Crippen molar-refractivity contribution >= 4 is 23.4 Å². The molecule has 0 spiro atoms. The van der Waals surface area contributed by atoms with E-state index in [1.165, 1.54) is 0 Å². The van der Waals surface area contributed by atoms with E-state index >= 15 is 0 Å². The normalized spacial score (nSPS) is 15.1. The maximum atomic E-state index is 13.4. The zero-order chi connectivity index (χ0) is 23.5. The summed E-state index contributed by atoms with van der Waals surface area (Å²) >= 11 is 6.05. The van der Waals surface area contributed by atoms with Crippen LogP contribution in [0.3, 0.4) is 0 Å². The first-order valence-corrected chi connectivity index (χ1v) is 12.1. The lowest BCUT2D eigenvalue weighted by Gasteiger charge is -2.32. The fourth-order valence-electron chi connectivity index (χ4n) is 3.98. The van der Waals surface area contributed by atoms with Crippen molar-refractivity contribution in [1.82, 2.24) is 15.1 Å². The highest BCUT2D eigenvalue weighted by Gasteiger charge is 2.30. The van der Waals surface area contributed by atoms with Gasteiger partial charge >= 0.3 is 0 Å². The third-order valence-corrected chi connectivity index (χ3v) is 6.08. The van der Waals surface area contributed by atoms with Crippen LogP contribution in [0.15, 0.2) is 54.6 Å². The van der Waals surface area contributed by atoms with Crippen LogP contribution < -0.4 is 5.32 Å². The Hall–Kier alpha value is -2.41. The summed E-state index contributed by atoms with van der Waals surface area (Å²) < 4.78 is 5.40. The van der Waals surface area contributed by atoms with E-state index in [9.17, 15) is 9.59 Å². The molecule has 2 aromatic rings. The second kappa shape index (κ2) is 13.3. The van der Waals surface area contributed by atoms with Gasteiger partial charge in [-0.15, -0.1) is 0 Å². The van der Waals surface area contributed by atoms with Crippen LogP contribution in [-0.4, -0.2) is 67.0 Å². The molecule has 0 saturated carbocycles. The number of morpholine rings is 1. The van der Waals surface area contributed by atoms with E-state index in [4.69, 9.17) is 16.3 Å². The quantitative estimate of drug-likeness (QED) is 0.544. The molecule has 0 radical (unpaired) electrons. The smallest absolute Gasteiger partial charge is 0.243 e. The lowest BCUT2D eigenvalue weighted by atomic mass is 10.0. The van der Waals surface area contributed by atoms with Gasteiger partial charge in [0, 0.05) is 50.6 Å². The van der Waals surface area contributed by atoms with Crippen LogP contribution in [0.1, 0.15) is 30.9 Å². The van der Waals surface area contributed by atoms with Crippen LogP contribution in [-0.2, 0) is 27.3 Å². The van der Waals surface area contributed by atoms with Gasteiger partial charge < -0.3 is 15.0 Å². The summed E-state index contributed by atoms with van der Waals surface area (Å²) in [5.41, 5.74) is 1.97. The Balaban J connectivity index is 1.77. The number of rotatable bonds is 11. The number of nitrogens with zero attached hydrogens (tertiary/aromatic N) is 2. The number of hydrogen-bond donors (Lipinski definition) is 1. The van der Waals surface area contributed by atoms with Crippen LogP contribution in [0.2, 0.25) is 5.02 Å². The number of nitrogens with one attached hydrogen (secondary N) is 1. The summed E-state index contributed by atoms with van der Waals surface area (Å²) in [6.07, 6.45) is 1.60. The number of benzene rings is 2. The summed E-state index contributed by atoms with van der Waals surface area (Å²) in [5.74, 6) is -0.137. The summed E-state index contributed by atoms with van der Waals surface area (Å²) in [5, 5.41) is 3.73. The zero-order valence-corrected chi connectivity index (χ0v) is 20.1. The molecule has 3 rings (SSSR count). The van der Waals surface area contributed by atoms with Crippen LogP contribution in [0, 0.1) is 0 Å². The van der Waals surface area contributed by atoms with E-state index in [0.29, 0.717) is 31.0 Å². The molecule has 0 aliphatic carbocycles. The van der Waals surface area contributed by atoms with Crippen molar-refractivity contribution in [1.29, 1.82) is 0 Å². The highest BCUT2D eigenvalue weighted by molar-refractivity contribution is 6.30. The lowest BCUT2D eigenvalue weighted by molar-refractivity contribution is -0.141. The second-order valence-corrected chi connectivity index (χ2v) is 8.79. The van der Waals surface area contributed by atoms with Crippen molar-refractivity contribution in [2.24, 2.45) is 0 Å². The molecular weight excluding hydrogens is 438 g/mol. The maximum absolute atomic E-state index is 13.4. The molecule has 0 bridgehead atoms. The molecule has 1 fully saturated rings. The molecule has 1 heterocycles. The Kier molecular flexibility index (Phi) is 10.2. The van der Waals surface area contributed by atoms with E-state index in [2.05, 4.69) is 10.2 Å². The van der Waals surface area contributed by atoms with Gasteiger partial charge in [-0.2, -0.15) is 0 Å². The van der Waals surface area contributed by atoms with E-state index in [0.717, 1.165) is 50.4 Å². The molecule has 7 heteroatoms. The Morgan fingerprint density at radius 1 is 1.06 bits per heavy atom. The van der Waals surface area contributed by atoms with E-state index in [1.807, 2.05) is 61.5 Å². The number of amides is 2. The molecule has 0 aromatic heterocycles. The van der Waals surface area contributed by atoms with Gasteiger partial charge in [0.2, 0.25) is 11.8 Å². The first kappa shape index (κ1) is 25.2. The molecule has 6 nitrogen and oxygen atoms in total. The van der Waals surface area contributed by atoms with Crippen molar-refractivity contribution < 1.29 is 14.3 Å². The SMILES string of the molecule is CCCC(=O)N(Cc1ccc(Cl)cc1)[C@H](Cc1ccccc1)C(=O)NCCN1CCOCC1. The van der Waals surface area contributed by atoms with Gasteiger partial charge in [-0.25, -0.2) is 0 Å². The van der Waals surface area contributed by atoms with E-state index < -0.39 is 6.04 Å². The van der Waals surface area contributed by atoms with Gasteiger partial charge in [0.05, 0.1) is 13.2 Å². The molecular formula is C26H34ClN3O3. The minimum absolute atomic E-state index is 0.0169. The van der Waals surface area contributed by atoms with E-state index in [1.54, 1.807) is 4.90 Å². The number of halogens is 1. The minimum atomic E-state index is -0.591. The summed E-state index contributed by atoms with van der Waals surface area (Å²) in [6, 6.07) is 16.7. The maximum Gasteiger partial charge on any atom is 0.243 e. The Morgan fingerprint density at radius 3 is 2.42 bits per heavy atom. The second-order valence-electron chi connectivity index (χ2n) is 8.35. The number of ether oxygens (including phenoxy) is 1. The first-order chi connectivity index (χ1) is 16.1. The molecule has 0 unspecified atom stereocenters. The summed E-state index contributed by atoms with van der Waals surface area (Å²) in [7, 11) is 0. The third kappa shape index (κ3) is 8.14. The fourth-order valence-corrected chi connectivity index (χ4v) is 4.10. The summed E-state index contributed by atoms with van der Waals surface area (Å²) in [6.45, 7) is 6.86. The average molecular weight is 472 g/mol. The Morgan fingerprint density at radius 2 is 1.76 bits per heavy atom. The Bertz CT molecular complexity index is 870. The average Bonchev–Trinajstić information content (AvgIpc) is 2.84. The standard InChI is InChI=1S/C26H34ClN3O3/c1-2-6-25(31)30(20-22-9-11-23(27)12-10-22)24(19-21-7-4-3-5-8-21)26(32)28-13-14-29-15-17-33-18-16-29/h3-5,7-12,24H,2,6,13-20H2,1H3,(H,28,32)/t24-/m1/s1. The van der Waals surface area contributed by atoms with Crippen LogP contribution >= 0.6 is 11.6 Å². The molecule has 1 aliphatic rings. The molecule has 2 aromatic carbocycles. The van der Waals surface area contributed by atoms with Gasteiger partial charge in [0.25, 0.3) is 0 Å². The van der Waals surface area contributed by atoms with Crippen LogP contribution in [0.25, 0.3) is 0 Å². The van der Waals surface area contributed by atoms with Crippen molar-refractivity contribution in [3.8, 4) is 0 Å². The Labute approximate surface area is 201 Å². The van der Waals surface area contributed by atoms with Crippen LogP contribution in [0.5, 0.6) is 0 Å². The van der Waals surface area contributed by atoms with Crippen molar-refractivity contribution in [3.05, 3.63) is 70.7 Å². The van der Waals surface area contributed by atoms with Gasteiger partial charge in [0.15, 0.2) is 0 Å². The molecule has 1 atom stereocenters. The highest BCUT2D eigenvalue weighted by Crippen LogP contribution is 2.18. The van der Waals surface area contributed by atoms with Gasteiger partial charge in [-0.1, -0.05) is 61.0 Å². The van der Waals surface area contributed by atoms with Crippen molar-refractivity contribution in [2.75, 3.05) is 39.4 Å². The number of carbonyl (C=O) groups excluding carboxylic acids is 2. The molecule has 1 saturated heterocycles. The number of hydrogen-bond acceptors (Lipinski definition) is 4. The zero-order valence-electron chi connectivity index (χ0n) is 19.3. The third-order valence-electron chi connectivity index (χ3n) is 5.83. The topological polar surface area (TPSA) is 61.9 Å². The predicted molar refractivity (Wildman–Crippen MR) is 131 cm³/mol. The largest absolute Gasteiger partial charge is 0.379 e. The molecule has 1 aliphatic heterocycles. The lowest BCUT2D eigenvalue weighted by Crippen LogP contribution is -2.51. The van der Waals surface area contributed by atoms with Crippen molar-refractivity contribution in [2.45, 2.75) is 38.8 Å². The van der Waals surface area contributed by atoms with Crippen LogP contribution in [0.4, 0.5) is 0 Å². The van der Waals surface area contributed by atoms with Crippen molar-refractivity contribution in [3.63, 3.8) is 0 Å². The van der Waals surface area contributed by atoms with E-state index in [-0.39, 0.29) is 11.8 Å². The highest BCUT2D eigenvalue weighted by atomic mass is 35.5. The fraction of sp³-hybridized carbons (Fsp3) is 0.462. The first-order valence-electron chi connectivity index (χ1n) is 11.7. The summed E-state index contributed by atoms with van der Waals surface area (Å²) in [4.78, 5) is 30.6.